The Balaban J connectivity index is 1.76. The van der Waals surface area contributed by atoms with Crippen molar-refractivity contribution in [3.8, 4) is 40.1 Å². The minimum atomic E-state index is -4.69. The molecule has 2 aromatic heterocycles. The van der Waals surface area contributed by atoms with E-state index >= 15 is 0 Å². The van der Waals surface area contributed by atoms with Gasteiger partial charge >= 0.3 is 0 Å². The molecule has 2 heterocycles. The number of aromatic hydroxyl groups is 1. The zero-order chi connectivity index (χ0) is 30.2. The number of para-hydroxylation sites is 1. The summed E-state index contributed by atoms with van der Waals surface area (Å²) < 4.78 is 54.5. The second kappa shape index (κ2) is 11.1. The number of hydrogen-bond acceptors (Lipinski definition) is 8. The molecule has 0 saturated carbocycles. The van der Waals surface area contributed by atoms with Crippen LogP contribution in [0.3, 0.4) is 0 Å². The highest BCUT2D eigenvalue weighted by Crippen LogP contribution is 2.40. The number of aromatic nitrogens is 3. The van der Waals surface area contributed by atoms with Gasteiger partial charge in [0.25, 0.3) is 11.1 Å². The van der Waals surface area contributed by atoms with E-state index in [0.29, 0.717) is 5.69 Å². The molecule has 0 aliphatic carbocycles. The molecular formula is C29H21ClFN3O7S. The van der Waals surface area contributed by atoms with Crippen LogP contribution in [0.25, 0.3) is 22.8 Å². The minimum absolute atomic E-state index is 0.0407. The summed E-state index contributed by atoms with van der Waals surface area (Å²) in [5.74, 6) is -1.44. The maximum absolute atomic E-state index is 13.8. The first-order valence-electron chi connectivity index (χ1n) is 12.1. The zero-order valence-corrected chi connectivity index (χ0v) is 23.6. The average molecular weight is 610 g/mol. The predicted octanol–water partition coefficient (Wildman–Crippen LogP) is 4.40. The van der Waals surface area contributed by atoms with Gasteiger partial charge in [-0.15, -0.1) is 0 Å². The number of halogens is 2. The molecule has 10 nitrogen and oxygen atoms in total. The third kappa shape index (κ3) is 5.01. The molecule has 214 valence electrons. The summed E-state index contributed by atoms with van der Waals surface area (Å²) in [6.07, 6.45) is 1.37. The van der Waals surface area contributed by atoms with Gasteiger partial charge in [-0.25, -0.2) is 12.8 Å². The van der Waals surface area contributed by atoms with E-state index in [0.717, 1.165) is 16.7 Å². The van der Waals surface area contributed by atoms with E-state index in [-0.39, 0.29) is 38.5 Å². The lowest BCUT2D eigenvalue weighted by molar-refractivity contribution is 0.378. The Hall–Kier alpha value is -4.94. The molecule has 0 bridgehead atoms. The van der Waals surface area contributed by atoms with E-state index in [4.69, 9.17) is 21.1 Å². The Labute approximate surface area is 243 Å². The van der Waals surface area contributed by atoms with Crippen molar-refractivity contribution in [1.29, 1.82) is 0 Å². The van der Waals surface area contributed by atoms with Crippen LogP contribution in [0.5, 0.6) is 17.4 Å². The fourth-order valence-corrected chi connectivity index (χ4v) is 5.85. The van der Waals surface area contributed by atoms with Gasteiger partial charge in [-0.1, -0.05) is 17.7 Å². The van der Waals surface area contributed by atoms with Crippen LogP contribution in [0.2, 0.25) is 5.02 Å². The summed E-state index contributed by atoms with van der Waals surface area (Å²) in [6, 6.07) is 17.3. The first-order valence-corrected chi connectivity index (χ1v) is 14.0. The number of ether oxygens (including phenoxy) is 2. The number of nitrogens with zero attached hydrogens (tertiary/aromatic N) is 3. The smallest absolute Gasteiger partial charge is 0.296 e. The van der Waals surface area contributed by atoms with E-state index in [1.54, 1.807) is 6.07 Å². The molecular weight excluding hydrogens is 589 g/mol. The SMILES string of the molecule is COc1cccc(OC)c1-n1c(-c2ccc(F)cc2)nc(=O)c(S(=O)(=O)c2ccc(-n3cc(Cl)ccc3=O)cc2)c1O. The van der Waals surface area contributed by atoms with Gasteiger partial charge in [0.1, 0.15) is 23.0 Å². The highest BCUT2D eigenvalue weighted by Gasteiger charge is 2.32. The van der Waals surface area contributed by atoms with Crippen molar-refractivity contribution < 1.29 is 27.4 Å². The monoisotopic (exact) mass is 609 g/mol. The Morgan fingerprint density at radius 1 is 0.881 bits per heavy atom. The van der Waals surface area contributed by atoms with Crippen molar-refractivity contribution in [2.45, 2.75) is 9.79 Å². The van der Waals surface area contributed by atoms with Crippen molar-refractivity contribution in [2.24, 2.45) is 0 Å². The molecule has 1 N–H and O–H groups in total. The molecule has 0 radical (unpaired) electrons. The Bertz CT molecular complexity index is 2020. The summed E-state index contributed by atoms with van der Waals surface area (Å²) >= 11 is 5.99. The lowest BCUT2D eigenvalue weighted by Gasteiger charge is -2.21. The van der Waals surface area contributed by atoms with Crippen molar-refractivity contribution in [1.82, 2.24) is 14.1 Å². The Morgan fingerprint density at radius 3 is 2.10 bits per heavy atom. The van der Waals surface area contributed by atoms with Crippen LogP contribution in [0.15, 0.2) is 104 Å². The van der Waals surface area contributed by atoms with Crippen molar-refractivity contribution in [3.05, 3.63) is 117 Å². The lowest BCUT2D eigenvalue weighted by Crippen LogP contribution is -2.23. The summed E-state index contributed by atoms with van der Waals surface area (Å²) in [7, 11) is -1.98. The molecule has 5 aromatic rings. The highest BCUT2D eigenvalue weighted by atomic mass is 35.5. The quantitative estimate of drug-likeness (QED) is 0.287. The minimum Gasteiger partial charge on any atom is -0.494 e. The number of sulfone groups is 1. The summed E-state index contributed by atoms with van der Waals surface area (Å²) in [5.41, 5.74) is -1.11. The Kier molecular flexibility index (Phi) is 7.59. The van der Waals surface area contributed by atoms with Crippen LogP contribution in [0, 0.1) is 5.82 Å². The van der Waals surface area contributed by atoms with Crippen molar-refractivity contribution in [2.75, 3.05) is 14.2 Å². The van der Waals surface area contributed by atoms with Crippen LogP contribution < -0.4 is 20.6 Å². The second-order valence-corrected chi connectivity index (χ2v) is 11.1. The van der Waals surface area contributed by atoms with Gasteiger partial charge in [-0.2, -0.15) is 4.98 Å². The first-order chi connectivity index (χ1) is 20.1. The van der Waals surface area contributed by atoms with Crippen LogP contribution in [-0.4, -0.2) is 41.9 Å². The van der Waals surface area contributed by atoms with Crippen LogP contribution in [0.4, 0.5) is 4.39 Å². The van der Waals surface area contributed by atoms with Crippen molar-refractivity contribution in [3.63, 3.8) is 0 Å². The highest BCUT2D eigenvalue weighted by molar-refractivity contribution is 7.91. The molecule has 0 fully saturated rings. The third-order valence-electron chi connectivity index (χ3n) is 6.33. The van der Waals surface area contributed by atoms with Gasteiger partial charge in [0.05, 0.1) is 24.1 Å². The molecule has 0 amide bonds. The largest absolute Gasteiger partial charge is 0.494 e. The zero-order valence-electron chi connectivity index (χ0n) is 22.0. The second-order valence-electron chi connectivity index (χ2n) is 8.80. The summed E-state index contributed by atoms with van der Waals surface area (Å²) in [6.45, 7) is 0. The number of rotatable bonds is 7. The molecule has 5 rings (SSSR count). The molecule has 3 aromatic carbocycles. The number of methoxy groups -OCH3 is 2. The maximum atomic E-state index is 13.8. The molecule has 42 heavy (non-hydrogen) atoms. The summed E-state index contributed by atoms with van der Waals surface area (Å²) in [5, 5.41) is 11.8. The molecule has 0 aliphatic rings. The molecule has 0 atom stereocenters. The average Bonchev–Trinajstić information content (AvgIpc) is 2.98. The Morgan fingerprint density at radius 2 is 1.50 bits per heavy atom. The molecule has 13 heteroatoms. The van der Waals surface area contributed by atoms with E-state index in [1.165, 1.54) is 85.6 Å². The van der Waals surface area contributed by atoms with Gasteiger partial charge in [-0.05, 0) is 66.7 Å². The van der Waals surface area contributed by atoms with Gasteiger partial charge in [0.2, 0.25) is 15.7 Å². The van der Waals surface area contributed by atoms with Crippen molar-refractivity contribution >= 4 is 21.4 Å². The fraction of sp³-hybridized carbons (Fsp3) is 0.0690. The van der Waals surface area contributed by atoms with Crippen LogP contribution in [-0.2, 0) is 9.84 Å². The standard InChI is InChI=1S/C29H21ClFN3O7S/c1-40-22-4-3-5-23(41-2)25(22)34-27(17-6-9-19(31)10-7-17)32-28(36)26(29(34)37)42(38,39)21-13-11-20(12-14-21)33-16-18(30)8-15-24(33)35/h3-16,37H,1-2H3. The molecule has 0 saturated heterocycles. The number of pyridine rings is 1. The van der Waals surface area contributed by atoms with Gasteiger partial charge < -0.3 is 14.6 Å². The van der Waals surface area contributed by atoms with E-state index in [2.05, 4.69) is 4.98 Å². The van der Waals surface area contributed by atoms with E-state index in [9.17, 15) is 27.5 Å². The summed E-state index contributed by atoms with van der Waals surface area (Å²) in [4.78, 5) is 28.2. The van der Waals surface area contributed by atoms with E-state index in [1.807, 2.05) is 0 Å². The normalized spacial score (nSPS) is 11.3. The van der Waals surface area contributed by atoms with Crippen LogP contribution >= 0.6 is 11.6 Å². The molecule has 0 aliphatic heterocycles. The van der Waals surface area contributed by atoms with E-state index < -0.39 is 37.5 Å². The fourth-order valence-electron chi connectivity index (χ4n) is 4.35. The lowest BCUT2D eigenvalue weighted by atomic mass is 10.2. The third-order valence-corrected chi connectivity index (χ3v) is 8.34. The van der Waals surface area contributed by atoms with Crippen LogP contribution in [0.1, 0.15) is 0 Å². The topological polar surface area (TPSA) is 130 Å². The predicted molar refractivity (Wildman–Crippen MR) is 152 cm³/mol. The number of benzene rings is 3. The van der Waals surface area contributed by atoms with Gasteiger partial charge in [0.15, 0.2) is 10.7 Å². The van der Waals surface area contributed by atoms with Gasteiger partial charge in [-0.3, -0.25) is 18.7 Å². The number of hydrogen-bond donors (Lipinski definition) is 1. The first kappa shape index (κ1) is 28.6. The molecule has 0 unspecified atom stereocenters. The molecule has 0 spiro atoms. The van der Waals surface area contributed by atoms with Gasteiger partial charge in [0, 0.05) is 23.5 Å². The maximum Gasteiger partial charge on any atom is 0.296 e.